The molecule has 0 fully saturated rings. The van der Waals surface area contributed by atoms with E-state index in [1.807, 2.05) is 0 Å². The summed E-state index contributed by atoms with van der Waals surface area (Å²) in [5.74, 6) is -1.28. The van der Waals surface area contributed by atoms with E-state index in [0.717, 1.165) is 109 Å². The summed E-state index contributed by atoms with van der Waals surface area (Å²) in [6.45, 7) is 7.35. The molecule has 0 saturated heterocycles. The van der Waals surface area contributed by atoms with Crippen LogP contribution in [0.25, 0.3) is 0 Å². The molecular formula is C85H162O17P2. The number of esters is 4. The molecule has 6 atom stereocenters. The Hall–Kier alpha value is -2.46. The van der Waals surface area contributed by atoms with Crippen LogP contribution >= 0.6 is 15.6 Å². The minimum absolute atomic E-state index is 0.0858. The number of allylic oxidation sites excluding steroid dienone is 4. The number of hydrogen-bond donors (Lipinski definition) is 3. The minimum Gasteiger partial charge on any atom is -0.462 e. The van der Waals surface area contributed by atoms with E-state index in [1.54, 1.807) is 0 Å². The number of phosphoric ester groups is 2. The van der Waals surface area contributed by atoms with Gasteiger partial charge in [-0.2, -0.15) is 0 Å². The summed E-state index contributed by atoms with van der Waals surface area (Å²) in [4.78, 5) is 73.2. The number of carbonyl (C=O) groups excluding carboxylic acids is 4. The lowest BCUT2D eigenvalue weighted by Crippen LogP contribution is -2.30. The minimum atomic E-state index is -4.97. The normalized spacial score (nSPS) is 14.2. The Labute approximate surface area is 637 Å². The van der Waals surface area contributed by atoms with Gasteiger partial charge in [-0.3, -0.25) is 37.3 Å². The second kappa shape index (κ2) is 77.3. The highest BCUT2D eigenvalue weighted by atomic mass is 31.2. The Morgan fingerprint density at radius 2 is 0.538 bits per heavy atom. The van der Waals surface area contributed by atoms with Crippen molar-refractivity contribution in [3.05, 3.63) is 24.3 Å². The molecule has 19 heteroatoms. The van der Waals surface area contributed by atoms with Crippen LogP contribution in [-0.4, -0.2) is 96.7 Å². The Balaban J connectivity index is 5.29. The van der Waals surface area contributed by atoms with Crippen molar-refractivity contribution in [1.29, 1.82) is 0 Å². The number of carbonyl (C=O) groups is 4. The van der Waals surface area contributed by atoms with E-state index in [9.17, 15) is 43.2 Å². The molecule has 0 radical (unpaired) electrons. The predicted octanol–water partition coefficient (Wildman–Crippen LogP) is 25.5. The van der Waals surface area contributed by atoms with E-state index in [2.05, 4.69) is 58.9 Å². The number of aliphatic hydroxyl groups is 1. The number of aliphatic hydroxyl groups excluding tert-OH is 1. The molecule has 0 aromatic carbocycles. The van der Waals surface area contributed by atoms with Gasteiger partial charge in [-0.25, -0.2) is 9.13 Å². The van der Waals surface area contributed by atoms with Crippen LogP contribution in [-0.2, 0) is 65.4 Å². The highest BCUT2D eigenvalue weighted by Gasteiger charge is 2.30. The summed E-state index contributed by atoms with van der Waals surface area (Å²) < 4.78 is 68.8. The van der Waals surface area contributed by atoms with E-state index in [0.29, 0.717) is 25.7 Å². The van der Waals surface area contributed by atoms with Crippen LogP contribution in [0.3, 0.4) is 0 Å². The van der Waals surface area contributed by atoms with Crippen molar-refractivity contribution in [3.63, 3.8) is 0 Å². The van der Waals surface area contributed by atoms with Crippen LogP contribution in [0.4, 0.5) is 0 Å². The molecule has 0 rings (SSSR count). The molecule has 0 heterocycles. The summed E-state index contributed by atoms with van der Waals surface area (Å²) in [7, 11) is -9.94. The van der Waals surface area contributed by atoms with Gasteiger partial charge in [0, 0.05) is 25.7 Å². The van der Waals surface area contributed by atoms with Gasteiger partial charge in [0.05, 0.1) is 26.4 Å². The zero-order valence-corrected chi connectivity index (χ0v) is 69.4. The van der Waals surface area contributed by atoms with Crippen LogP contribution < -0.4 is 0 Å². The SMILES string of the molecule is CCCCCC/C=C\C=C/CCCCCCCC(=O)O[C@H](COC(=O)CCCCCCCCCCCCCC)COP(=O)(O)OC[C@H](O)COP(=O)(O)OC[C@@H](COC(=O)CCCCCCCCCCCCCCCCC(C)CC)OC(=O)CCCCCCCCCCCCCCCCCCCCC. The molecule has 0 aliphatic heterocycles. The number of unbranched alkanes of at least 4 members (excludes halogenated alkanes) is 51. The fourth-order valence-electron chi connectivity index (χ4n) is 12.7. The van der Waals surface area contributed by atoms with Gasteiger partial charge in [0.2, 0.25) is 0 Å². The maximum absolute atomic E-state index is 13.1. The Morgan fingerprint density at radius 3 is 0.817 bits per heavy atom. The molecule has 104 heavy (non-hydrogen) atoms. The standard InChI is InChI=1S/C85H162O17P2/c1-6-10-13-16-19-22-25-28-30-31-32-33-35-41-46-51-56-61-66-71-85(90)102-81(75-96-83(88)69-64-59-54-49-44-39-37-36-38-42-47-52-57-62-67-78(5)9-4)77-100-104(93,94)98-73-79(86)72-97-103(91,92)99-76-80(74-95-82(87)68-63-58-53-48-43-27-24-21-18-15-12-8-3)101-84(89)70-65-60-55-50-45-40-34-29-26-23-20-17-14-11-7-2/h23,26,29,34,78-81,86H,6-22,24-25,27-28,30-33,35-77H2,1-5H3,(H,91,92)(H,93,94)/b26-23-,34-29-/t78?,79-,80+,81+/m0/s1. The zero-order valence-electron chi connectivity index (χ0n) is 67.7. The first-order chi connectivity index (χ1) is 50.6. The smallest absolute Gasteiger partial charge is 0.462 e. The van der Waals surface area contributed by atoms with Crippen LogP contribution in [0.5, 0.6) is 0 Å². The Morgan fingerprint density at radius 1 is 0.308 bits per heavy atom. The van der Waals surface area contributed by atoms with Crippen molar-refractivity contribution in [2.45, 2.75) is 451 Å². The molecule has 0 amide bonds. The highest BCUT2D eigenvalue weighted by Crippen LogP contribution is 2.45. The molecule has 3 N–H and O–H groups in total. The van der Waals surface area contributed by atoms with E-state index >= 15 is 0 Å². The van der Waals surface area contributed by atoms with Gasteiger partial charge in [0.1, 0.15) is 19.3 Å². The second-order valence-electron chi connectivity index (χ2n) is 30.1. The first kappa shape index (κ1) is 102. The molecule has 17 nitrogen and oxygen atoms in total. The van der Waals surface area contributed by atoms with Crippen molar-refractivity contribution < 1.29 is 80.2 Å². The molecule has 0 spiro atoms. The number of hydrogen-bond acceptors (Lipinski definition) is 15. The monoisotopic (exact) mass is 1520 g/mol. The molecule has 0 saturated carbocycles. The van der Waals surface area contributed by atoms with E-state index in [1.165, 1.54) is 244 Å². The lowest BCUT2D eigenvalue weighted by Gasteiger charge is -2.21. The summed E-state index contributed by atoms with van der Waals surface area (Å²) in [5.41, 5.74) is 0. The maximum Gasteiger partial charge on any atom is 0.472 e. The lowest BCUT2D eigenvalue weighted by atomic mass is 9.99. The number of ether oxygens (including phenoxy) is 4. The summed E-state index contributed by atoms with van der Waals surface area (Å²) in [6, 6.07) is 0. The first-order valence-corrected chi connectivity index (χ1v) is 46.5. The zero-order chi connectivity index (χ0) is 76.2. The third-order valence-corrected chi connectivity index (χ3v) is 21.7. The molecule has 0 aromatic rings. The van der Waals surface area contributed by atoms with Crippen LogP contribution in [0.1, 0.15) is 433 Å². The van der Waals surface area contributed by atoms with Crippen molar-refractivity contribution >= 4 is 39.5 Å². The highest BCUT2D eigenvalue weighted by molar-refractivity contribution is 7.47. The fourth-order valence-corrected chi connectivity index (χ4v) is 14.3. The quantitative estimate of drug-likeness (QED) is 0.0169. The summed E-state index contributed by atoms with van der Waals surface area (Å²) in [5, 5.41) is 10.7. The van der Waals surface area contributed by atoms with Gasteiger partial charge in [-0.15, -0.1) is 0 Å². The van der Waals surface area contributed by atoms with Gasteiger partial charge >= 0.3 is 39.5 Å². The van der Waals surface area contributed by atoms with Crippen molar-refractivity contribution in [2.75, 3.05) is 39.6 Å². The van der Waals surface area contributed by atoms with E-state index in [-0.39, 0.29) is 25.7 Å². The lowest BCUT2D eigenvalue weighted by molar-refractivity contribution is -0.161. The van der Waals surface area contributed by atoms with E-state index in [4.69, 9.17) is 37.0 Å². The maximum atomic E-state index is 13.1. The van der Waals surface area contributed by atoms with Crippen LogP contribution in [0, 0.1) is 5.92 Å². The molecule has 0 aliphatic carbocycles. The average molecular weight is 1520 g/mol. The largest absolute Gasteiger partial charge is 0.472 e. The number of rotatable bonds is 83. The Bertz CT molecular complexity index is 2080. The average Bonchev–Trinajstić information content (AvgIpc) is 0.903. The second-order valence-corrected chi connectivity index (χ2v) is 33.0. The van der Waals surface area contributed by atoms with Crippen LogP contribution in [0.15, 0.2) is 24.3 Å². The molecule has 3 unspecified atom stereocenters. The van der Waals surface area contributed by atoms with Crippen molar-refractivity contribution in [2.24, 2.45) is 5.92 Å². The Kier molecular flexibility index (Phi) is 75.4. The molecule has 614 valence electrons. The fraction of sp³-hybridized carbons (Fsp3) is 0.906. The van der Waals surface area contributed by atoms with Gasteiger partial charge in [-0.05, 0) is 57.3 Å². The van der Waals surface area contributed by atoms with Crippen molar-refractivity contribution in [3.8, 4) is 0 Å². The molecule has 0 aliphatic rings. The number of phosphoric acid groups is 2. The predicted molar refractivity (Wildman–Crippen MR) is 428 cm³/mol. The topological polar surface area (TPSA) is 237 Å². The van der Waals surface area contributed by atoms with Crippen molar-refractivity contribution in [1.82, 2.24) is 0 Å². The van der Waals surface area contributed by atoms with Gasteiger partial charge in [0.15, 0.2) is 12.2 Å². The summed E-state index contributed by atoms with van der Waals surface area (Å²) in [6.07, 6.45) is 72.8. The third kappa shape index (κ3) is 76.3. The van der Waals surface area contributed by atoms with Gasteiger partial charge < -0.3 is 33.8 Å². The van der Waals surface area contributed by atoms with Gasteiger partial charge in [0.25, 0.3) is 0 Å². The summed E-state index contributed by atoms with van der Waals surface area (Å²) >= 11 is 0. The molecule has 0 bridgehead atoms. The third-order valence-electron chi connectivity index (χ3n) is 19.8. The van der Waals surface area contributed by atoms with Gasteiger partial charge in [-0.1, -0.05) is 380 Å². The molecular weight excluding hydrogens is 1350 g/mol. The first-order valence-electron chi connectivity index (χ1n) is 43.5. The molecule has 0 aromatic heterocycles. The van der Waals surface area contributed by atoms with E-state index < -0.39 is 97.5 Å². The van der Waals surface area contributed by atoms with Crippen LogP contribution in [0.2, 0.25) is 0 Å².